The van der Waals surface area contributed by atoms with E-state index in [4.69, 9.17) is 0 Å². The number of benzene rings is 1. The number of aromatic nitrogens is 2. The summed E-state index contributed by atoms with van der Waals surface area (Å²) in [6.07, 6.45) is 0.234. The van der Waals surface area contributed by atoms with Crippen LogP contribution in [-0.2, 0) is 16.0 Å². The molecular weight excluding hydrogens is 227 g/mol. The molecule has 88 valence electrons. The molecule has 1 aromatic heterocycles. The van der Waals surface area contributed by atoms with Crippen LogP contribution in [0.2, 0.25) is 0 Å². The Morgan fingerprint density at radius 2 is 2.29 bits per heavy atom. The van der Waals surface area contributed by atoms with Crippen LogP contribution in [0.1, 0.15) is 5.82 Å². The normalized spacial score (nSPS) is 10.4. The number of hydrogen-bond donors (Lipinski definition) is 1. The number of para-hydroxylation sites is 1. The minimum Gasteiger partial charge on any atom is -0.467 e. The van der Waals surface area contributed by atoms with Crippen molar-refractivity contribution in [2.45, 2.75) is 6.42 Å². The van der Waals surface area contributed by atoms with E-state index in [1.807, 2.05) is 0 Å². The smallest absolute Gasteiger partial charge is 0.293 e. The Hall–Kier alpha value is -2.24. The molecule has 0 aliphatic carbocycles. The van der Waals surface area contributed by atoms with Gasteiger partial charge in [0.1, 0.15) is 17.2 Å². The molecule has 0 saturated heterocycles. The van der Waals surface area contributed by atoms with E-state index in [2.05, 4.69) is 14.7 Å². The van der Waals surface area contributed by atoms with Crippen LogP contribution in [0.15, 0.2) is 23.0 Å². The number of carbonyl (C=O) groups is 1. The first-order valence-corrected chi connectivity index (χ1v) is 4.95. The van der Waals surface area contributed by atoms with Crippen LogP contribution in [0.25, 0.3) is 10.9 Å². The van der Waals surface area contributed by atoms with E-state index < -0.39 is 11.4 Å². The highest BCUT2D eigenvalue weighted by atomic mass is 19.1. The van der Waals surface area contributed by atoms with Crippen LogP contribution in [-0.4, -0.2) is 23.0 Å². The summed E-state index contributed by atoms with van der Waals surface area (Å²) >= 11 is 0. The molecule has 0 radical (unpaired) electrons. The van der Waals surface area contributed by atoms with Crippen LogP contribution >= 0.6 is 0 Å². The SMILES string of the molecule is O=COCCc1nc2c(F)cccc2c(=O)[nH]1. The lowest BCUT2D eigenvalue weighted by molar-refractivity contribution is -0.128. The highest BCUT2D eigenvalue weighted by Gasteiger charge is 2.07. The molecule has 2 rings (SSSR count). The van der Waals surface area contributed by atoms with Crippen molar-refractivity contribution in [1.82, 2.24) is 9.97 Å². The van der Waals surface area contributed by atoms with Gasteiger partial charge in [0, 0.05) is 6.42 Å². The molecule has 0 saturated carbocycles. The molecule has 0 bridgehead atoms. The maximum Gasteiger partial charge on any atom is 0.293 e. The quantitative estimate of drug-likeness (QED) is 0.629. The van der Waals surface area contributed by atoms with Gasteiger partial charge in [0.2, 0.25) is 0 Å². The van der Waals surface area contributed by atoms with Gasteiger partial charge >= 0.3 is 0 Å². The number of hydrogen-bond acceptors (Lipinski definition) is 4. The molecule has 1 heterocycles. The van der Waals surface area contributed by atoms with Gasteiger partial charge in [-0.25, -0.2) is 9.37 Å². The standard InChI is InChI=1S/C11H9FN2O3/c12-8-3-1-2-7-10(8)13-9(14-11(7)16)4-5-17-6-15/h1-3,6H,4-5H2,(H,13,14,16). The van der Waals surface area contributed by atoms with Crippen molar-refractivity contribution >= 4 is 17.4 Å². The summed E-state index contributed by atoms with van der Waals surface area (Å²) in [5, 5.41) is 0.199. The lowest BCUT2D eigenvalue weighted by Gasteiger charge is -2.02. The highest BCUT2D eigenvalue weighted by molar-refractivity contribution is 5.77. The van der Waals surface area contributed by atoms with Crippen molar-refractivity contribution in [1.29, 1.82) is 0 Å². The maximum atomic E-state index is 13.4. The molecule has 0 aliphatic rings. The predicted octanol–water partition coefficient (Wildman–Crippen LogP) is 0.778. The largest absolute Gasteiger partial charge is 0.467 e. The molecule has 17 heavy (non-hydrogen) atoms. The number of nitrogens with zero attached hydrogens (tertiary/aromatic N) is 1. The molecule has 2 aromatic rings. The molecule has 1 N–H and O–H groups in total. The van der Waals surface area contributed by atoms with Gasteiger partial charge in [-0.3, -0.25) is 9.59 Å². The Kier molecular flexibility index (Phi) is 3.13. The second-order valence-corrected chi connectivity index (χ2v) is 3.37. The Labute approximate surface area is 95.2 Å². The summed E-state index contributed by atoms with van der Waals surface area (Å²) < 4.78 is 17.9. The summed E-state index contributed by atoms with van der Waals surface area (Å²) in [6.45, 7) is 0.395. The van der Waals surface area contributed by atoms with Crippen molar-refractivity contribution in [2.75, 3.05) is 6.61 Å². The summed E-state index contributed by atoms with van der Waals surface area (Å²) in [5.74, 6) is -0.263. The van der Waals surface area contributed by atoms with E-state index in [1.54, 1.807) is 0 Å². The number of aromatic amines is 1. The van der Waals surface area contributed by atoms with Gasteiger partial charge in [0.05, 0.1) is 12.0 Å². The maximum absolute atomic E-state index is 13.4. The highest BCUT2D eigenvalue weighted by Crippen LogP contribution is 2.11. The summed E-state index contributed by atoms with van der Waals surface area (Å²) in [7, 11) is 0. The van der Waals surface area contributed by atoms with Crippen molar-refractivity contribution in [3.8, 4) is 0 Å². The molecule has 0 amide bonds. The number of halogens is 1. The molecule has 1 aromatic carbocycles. The fraction of sp³-hybridized carbons (Fsp3) is 0.182. The molecule has 0 spiro atoms. The van der Waals surface area contributed by atoms with Crippen LogP contribution in [0, 0.1) is 5.82 Å². The number of H-pyrrole nitrogens is 1. The fourth-order valence-corrected chi connectivity index (χ4v) is 1.50. The van der Waals surface area contributed by atoms with Gasteiger partial charge in [-0.15, -0.1) is 0 Å². The Morgan fingerprint density at radius 3 is 3.06 bits per heavy atom. The van der Waals surface area contributed by atoms with E-state index >= 15 is 0 Å². The van der Waals surface area contributed by atoms with Gasteiger partial charge in [0.25, 0.3) is 12.0 Å². The first-order chi connectivity index (χ1) is 8.22. The zero-order chi connectivity index (χ0) is 12.3. The minimum atomic E-state index is -0.550. The topological polar surface area (TPSA) is 72.0 Å². The zero-order valence-electron chi connectivity index (χ0n) is 8.77. The zero-order valence-corrected chi connectivity index (χ0v) is 8.77. The monoisotopic (exact) mass is 236 g/mol. The lowest BCUT2D eigenvalue weighted by atomic mass is 10.2. The second-order valence-electron chi connectivity index (χ2n) is 3.37. The summed E-state index contributed by atoms with van der Waals surface area (Å²) in [5.41, 5.74) is -0.382. The second kappa shape index (κ2) is 4.73. The third kappa shape index (κ3) is 2.30. The predicted molar refractivity (Wildman–Crippen MR) is 58.0 cm³/mol. The van der Waals surface area contributed by atoms with Crippen LogP contribution in [0.5, 0.6) is 0 Å². The number of ether oxygens (including phenoxy) is 1. The van der Waals surface area contributed by atoms with Crippen LogP contribution < -0.4 is 5.56 Å². The summed E-state index contributed by atoms with van der Waals surface area (Å²) in [4.78, 5) is 28.1. The van der Waals surface area contributed by atoms with E-state index in [0.717, 1.165) is 0 Å². The molecular formula is C11H9FN2O3. The number of rotatable bonds is 4. The van der Waals surface area contributed by atoms with Gasteiger partial charge in [-0.2, -0.15) is 0 Å². The number of fused-ring (bicyclic) bond motifs is 1. The number of nitrogens with one attached hydrogen (secondary N) is 1. The average molecular weight is 236 g/mol. The molecule has 5 nitrogen and oxygen atoms in total. The van der Waals surface area contributed by atoms with E-state index in [0.29, 0.717) is 6.47 Å². The first kappa shape index (κ1) is 11.3. The minimum absolute atomic E-state index is 0.0253. The van der Waals surface area contributed by atoms with E-state index in [9.17, 15) is 14.0 Å². The van der Waals surface area contributed by atoms with Gasteiger partial charge in [-0.05, 0) is 12.1 Å². The van der Waals surface area contributed by atoms with Crippen molar-refractivity contribution in [2.24, 2.45) is 0 Å². The third-order valence-corrected chi connectivity index (χ3v) is 2.26. The molecule has 6 heteroatoms. The Balaban J connectivity index is 2.43. The molecule has 0 unspecified atom stereocenters. The van der Waals surface area contributed by atoms with Crippen molar-refractivity contribution < 1.29 is 13.9 Å². The van der Waals surface area contributed by atoms with Crippen LogP contribution in [0.3, 0.4) is 0 Å². The third-order valence-electron chi connectivity index (χ3n) is 2.26. The van der Waals surface area contributed by atoms with Gasteiger partial charge in [0.15, 0.2) is 0 Å². The molecule has 0 aliphatic heterocycles. The first-order valence-electron chi connectivity index (χ1n) is 4.95. The average Bonchev–Trinajstić information content (AvgIpc) is 2.31. The molecule has 0 fully saturated rings. The van der Waals surface area contributed by atoms with Gasteiger partial charge in [-0.1, -0.05) is 6.07 Å². The van der Waals surface area contributed by atoms with Crippen molar-refractivity contribution in [3.05, 3.63) is 40.2 Å². The lowest BCUT2D eigenvalue weighted by Crippen LogP contribution is -2.14. The van der Waals surface area contributed by atoms with Crippen LogP contribution in [0.4, 0.5) is 4.39 Å². The fourth-order valence-electron chi connectivity index (χ4n) is 1.50. The number of carbonyl (C=O) groups excluding carboxylic acids is 1. The molecule has 0 atom stereocenters. The van der Waals surface area contributed by atoms with E-state index in [1.165, 1.54) is 18.2 Å². The van der Waals surface area contributed by atoms with Crippen molar-refractivity contribution in [3.63, 3.8) is 0 Å². The Bertz CT molecular complexity index is 609. The Morgan fingerprint density at radius 1 is 1.47 bits per heavy atom. The summed E-state index contributed by atoms with van der Waals surface area (Å²) in [6, 6.07) is 4.18. The van der Waals surface area contributed by atoms with Gasteiger partial charge < -0.3 is 9.72 Å². The van der Waals surface area contributed by atoms with E-state index in [-0.39, 0.29) is 29.8 Å².